The molecule has 2 atom stereocenters. The van der Waals surface area contributed by atoms with Crippen molar-refractivity contribution in [1.82, 2.24) is 20.9 Å². The largest absolute Gasteiger partial charge is 0.356 e. The number of β-lactam (4-membered cyclic amide) rings is 1. The zero-order valence-corrected chi connectivity index (χ0v) is 18.5. The molecule has 0 radical (unpaired) electrons. The summed E-state index contributed by atoms with van der Waals surface area (Å²) in [5, 5.41) is 8.23. The van der Waals surface area contributed by atoms with Crippen LogP contribution in [0.1, 0.15) is 71.1 Å². The maximum atomic E-state index is 10.6. The maximum absolute atomic E-state index is 10.6. The summed E-state index contributed by atoms with van der Waals surface area (Å²) in [5.74, 6) is 0.714. The molecule has 4 aliphatic heterocycles. The average molecular weight is 426 g/mol. The molecule has 5 N–H and O–H groups in total. The third-order valence-corrected chi connectivity index (χ3v) is 5.33. The highest BCUT2D eigenvalue weighted by Crippen LogP contribution is 2.06. The molecule has 4 rings (SSSR count). The summed E-state index contributed by atoms with van der Waals surface area (Å²) in [6.07, 6.45) is 9.67. The molecule has 9 heteroatoms. The van der Waals surface area contributed by atoms with Crippen LogP contribution in [0.25, 0.3) is 0 Å². The lowest BCUT2D eigenvalue weighted by Crippen LogP contribution is -2.47. The normalized spacial score (nSPS) is 25.4. The summed E-state index contributed by atoms with van der Waals surface area (Å²) in [4.78, 5) is 43.6. The molecule has 0 bridgehead atoms. The Kier molecular flexibility index (Phi) is 12.7. The average Bonchev–Trinajstić information content (AvgIpc) is 2.93. The Morgan fingerprint density at radius 1 is 0.933 bits per heavy atom. The van der Waals surface area contributed by atoms with Crippen LogP contribution in [0.4, 0.5) is 0 Å². The SMILES string of the molecule is CCC1CC(=O)N1.CN1CCCC1=O.NC1CCCNC1=O.O=C1CCCCCN1. The number of amides is 4. The molecule has 0 aromatic rings. The first-order valence-corrected chi connectivity index (χ1v) is 11.2. The van der Waals surface area contributed by atoms with Gasteiger partial charge in [-0.1, -0.05) is 13.3 Å². The Bertz CT molecular complexity index is 552. The standard InChI is InChI=1S/C6H11NO.C5H10N2O.2C5H9NO/c8-6-4-2-1-3-5-7-6;6-4-2-1-3-7-5(4)8;1-6-4-2-3-5(6)7;1-2-4-3-5(7)6-4/h1-5H2,(H,7,8);4H,1-3,6H2,(H,7,8);2-4H2,1H3;4H,2-3H2,1H3,(H,6,7). The number of carbonyl (C=O) groups is 4. The van der Waals surface area contributed by atoms with Crippen molar-refractivity contribution in [3.8, 4) is 0 Å². The third-order valence-electron chi connectivity index (χ3n) is 5.33. The van der Waals surface area contributed by atoms with Gasteiger partial charge in [0, 0.05) is 52.0 Å². The van der Waals surface area contributed by atoms with Crippen LogP contribution in [-0.4, -0.2) is 67.3 Å². The van der Waals surface area contributed by atoms with E-state index in [0.717, 1.165) is 77.4 Å². The zero-order valence-electron chi connectivity index (χ0n) is 18.5. The lowest BCUT2D eigenvalue weighted by Gasteiger charge is -2.24. The minimum Gasteiger partial charge on any atom is -0.356 e. The fourth-order valence-corrected chi connectivity index (χ4v) is 3.16. The van der Waals surface area contributed by atoms with Crippen LogP contribution in [0.5, 0.6) is 0 Å². The highest BCUT2D eigenvalue weighted by molar-refractivity contribution is 5.82. The Hall–Kier alpha value is -2.16. The molecule has 0 saturated carbocycles. The molecular formula is C21H39N5O4. The molecule has 0 aliphatic carbocycles. The van der Waals surface area contributed by atoms with Gasteiger partial charge >= 0.3 is 0 Å². The van der Waals surface area contributed by atoms with Gasteiger partial charge in [0.1, 0.15) is 0 Å². The Balaban J connectivity index is 0.000000200. The van der Waals surface area contributed by atoms with Crippen molar-refractivity contribution >= 4 is 23.6 Å². The molecule has 2 unspecified atom stereocenters. The first-order chi connectivity index (χ1) is 14.3. The van der Waals surface area contributed by atoms with E-state index >= 15 is 0 Å². The van der Waals surface area contributed by atoms with Gasteiger partial charge in [0.15, 0.2) is 0 Å². The first kappa shape index (κ1) is 25.9. The van der Waals surface area contributed by atoms with Crippen LogP contribution in [0.2, 0.25) is 0 Å². The van der Waals surface area contributed by atoms with Gasteiger partial charge in [-0.2, -0.15) is 0 Å². The Morgan fingerprint density at radius 3 is 2.03 bits per heavy atom. The highest BCUT2D eigenvalue weighted by Gasteiger charge is 2.22. The number of nitrogens with one attached hydrogen (secondary N) is 3. The van der Waals surface area contributed by atoms with Crippen molar-refractivity contribution in [3.63, 3.8) is 0 Å². The van der Waals surface area contributed by atoms with E-state index in [0.29, 0.717) is 11.9 Å². The van der Waals surface area contributed by atoms with E-state index < -0.39 is 0 Å². The van der Waals surface area contributed by atoms with Crippen LogP contribution in [0, 0.1) is 0 Å². The Labute approximate surface area is 179 Å². The van der Waals surface area contributed by atoms with Crippen molar-refractivity contribution in [2.24, 2.45) is 5.73 Å². The number of hydrogen-bond acceptors (Lipinski definition) is 5. The molecule has 0 aromatic heterocycles. The highest BCUT2D eigenvalue weighted by atomic mass is 16.2. The van der Waals surface area contributed by atoms with Crippen molar-refractivity contribution in [2.45, 2.75) is 83.2 Å². The molecule has 9 nitrogen and oxygen atoms in total. The fraction of sp³-hybridized carbons (Fsp3) is 0.810. The molecule has 4 heterocycles. The molecule has 4 aliphatic rings. The van der Waals surface area contributed by atoms with E-state index in [1.807, 2.05) is 7.05 Å². The zero-order chi connectivity index (χ0) is 22.4. The summed E-state index contributed by atoms with van der Waals surface area (Å²) in [6, 6.07) is 0.247. The van der Waals surface area contributed by atoms with Gasteiger partial charge in [0.05, 0.1) is 6.04 Å². The van der Waals surface area contributed by atoms with Crippen molar-refractivity contribution in [2.75, 3.05) is 26.7 Å². The lowest BCUT2D eigenvalue weighted by atomic mass is 10.0. The van der Waals surface area contributed by atoms with Crippen LogP contribution in [0.15, 0.2) is 0 Å². The van der Waals surface area contributed by atoms with Crippen molar-refractivity contribution in [3.05, 3.63) is 0 Å². The molecule has 0 spiro atoms. The number of hydrogen-bond donors (Lipinski definition) is 4. The number of carbonyl (C=O) groups excluding carboxylic acids is 4. The molecule has 0 aromatic carbocycles. The quantitative estimate of drug-likeness (QED) is 0.452. The number of likely N-dealkylation sites (tertiary alicyclic amines) is 1. The topological polar surface area (TPSA) is 134 Å². The van der Waals surface area contributed by atoms with Gasteiger partial charge in [-0.3, -0.25) is 19.2 Å². The number of piperidine rings is 1. The van der Waals surface area contributed by atoms with E-state index in [1.165, 1.54) is 6.42 Å². The second-order valence-corrected chi connectivity index (χ2v) is 8.00. The minimum absolute atomic E-state index is 0.00347. The third kappa shape index (κ3) is 11.1. The van der Waals surface area contributed by atoms with E-state index in [4.69, 9.17) is 5.73 Å². The van der Waals surface area contributed by atoms with Gasteiger partial charge in [-0.05, 0) is 38.5 Å². The first-order valence-electron chi connectivity index (χ1n) is 11.2. The predicted octanol–water partition coefficient (Wildman–Crippen LogP) is 0.424. The van der Waals surface area contributed by atoms with Gasteiger partial charge in [0.2, 0.25) is 23.6 Å². The van der Waals surface area contributed by atoms with Crippen LogP contribution < -0.4 is 21.7 Å². The second kappa shape index (κ2) is 14.8. The summed E-state index contributed by atoms with van der Waals surface area (Å²) in [5.41, 5.74) is 5.37. The second-order valence-electron chi connectivity index (χ2n) is 8.00. The summed E-state index contributed by atoms with van der Waals surface area (Å²) >= 11 is 0. The number of rotatable bonds is 1. The summed E-state index contributed by atoms with van der Waals surface area (Å²) in [6.45, 7) is 4.72. The van der Waals surface area contributed by atoms with E-state index in [1.54, 1.807) is 4.90 Å². The molecular weight excluding hydrogens is 386 g/mol. The smallest absolute Gasteiger partial charge is 0.236 e. The van der Waals surface area contributed by atoms with Crippen molar-refractivity contribution < 1.29 is 19.2 Å². The minimum atomic E-state index is -0.247. The van der Waals surface area contributed by atoms with Crippen LogP contribution in [-0.2, 0) is 19.2 Å². The molecule has 30 heavy (non-hydrogen) atoms. The number of nitrogens with zero attached hydrogens (tertiary/aromatic N) is 1. The summed E-state index contributed by atoms with van der Waals surface area (Å²) < 4.78 is 0. The van der Waals surface area contributed by atoms with Crippen LogP contribution >= 0.6 is 0 Å². The lowest BCUT2D eigenvalue weighted by molar-refractivity contribution is -0.128. The van der Waals surface area contributed by atoms with Gasteiger partial charge < -0.3 is 26.6 Å². The molecule has 4 fully saturated rings. The fourth-order valence-electron chi connectivity index (χ4n) is 3.16. The van der Waals surface area contributed by atoms with Crippen molar-refractivity contribution in [1.29, 1.82) is 0 Å². The van der Waals surface area contributed by atoms with Gasteiger partial charge in [-0.25, -0.2) is 0 Å². The Morgan fingerprint density at radius 2 is 1.63 bits per heavy atom. The molecule has 4 amide bonds. The van der Waals surface area contributed by atoms with E-state index in [2.05, 4.69) is 22.9 Å². The number of nitrogens with two attached hydrogens (primary N) is 1. The van der Waals surface area contributed by atoms with Gasteiger partial charge in [0.25, 0.3) is 0 Å². The molecule has 4 saturated heterocycles. The van der Waals surface area contributed by atoms with E-state index in [-0.39, 0.29) is 23.8 Å². The maximum Gasteiger partial charge on any atom is 0.236 e. The monoisotopic (exact) mass is 425 g/mol. The van der Waals surface area contributed by atoms with E-state index in [9.17, 15) is 19.2 Å². The summed E-state index contributed by atoms with van der Waals surface area (Å²) in [7, 11) is 1.84. The van der Waals surface area contributed by atoms with Gasteiger partial charge in [-0.15, -0.1) is 0 Å². The van der Waals surface area contributed by atoms with Crippen LogP contribution in [0.3, 0.4) is 0 Å². The molecule has 172 valence electrons. The predicted molar refractivity (Wildman–Crippen MR) is 115 cm³/mol.